The number of anilines is 1. The van der Waals surface area contributed by atoms with Gasteiger partial charge in [-0.25, -0.2) is 0 Å². The Bertz CT molecular complexity index is 1250. The van der Waals surface area contributed by atoms with Gasteiger partial charge in [-0.15, -0.1) is 10.2 Å². The van der Waals surface area contributed by atoms with E-state index >= 15 is 0 Å². The van der Waals surface area contributed by atoms with Gasteiger partial charge in [0.25, 0.3) is 0 Å². The van der Waals surface area contributed by atoms with E-state index in [4.69, 9.17) is 32.7 Å². The lowest BCUT2D eigenvalue weighted by molar-refractivity contribution is -0.113. The first-order chi connectivity index (χ1) is 16.5. The van der Waals surface area contributed by atoms with Crippen LogP contribution in [0.5, 0.6) is 11.5 Å². The Labute approximate surface area is 211 Å². The molecule has 1 amide bonds. The minimum Gasteiger partial charge on any atom is -0.497 e. The van der Waals surface area contributed by atoms with Crippen LogP contribution in [0.25, 0.3) is 5.69 Å². The van der Waals surface area contributed by atoms with Gasteiger partial charge >= 0.3 is 0 Å². The van der Waals surface area contributed by atoms with E-state index in [9.17, 15) is 4.79 Å². The number of carbonyl (C=O) groups excluding carboxylic acids is 1. The second-order valence-corrected chi connectivity index (χ2v) is 8.83. The van der Waals surface area contributed by atoms with Crippen molar-refractivity contribution in [3.05, 3.63) is 88.7 Å². The first-order valence-electron chi connectivity index (χ1n) is 10.2. The smallest absolute Gasteiger partial charge is 0.234 e. The molecule has 174 valence electrons. The van der Waals surface area contributed by atoms with Gasteiger partial charge in [0.1, 0.15) is 18.1 Å². The minimum absolute atomic E-state index is 0.148. The number of aromatic nitrogens is 3. The van der Waals surface area contributed by atoms with E-state index in [-0.39, 0.29) is 18.3 Å². The minimum atomic E-state index is -0.171. The number of rotatable bonds is 9. The summed E-state index contributed by atoms with van der Waals surface area (Å²) < 4.78 is 13.0. The molecule has 4 aromatic rings. The maximum absolute atomic E-state index is 12.5. The van der Waals surface area contributed by atoms with Crippen LogP contribution in [0.4, 0.5) is 5.69 Å². The molecule has 0 aliphatic heterocycles. The molecule has 0 spiro atoms. The molecule has 0 saturated heterocycles. The average Bonchev–Trinajstić information content (AvgIpc) is 3.26. The van der Waals surface area contributed by atoms with Gasteiger partial charge < -0.3 is 14.8 Å². The van der Waals surface area contributed by atoms with Crippen LogP contribution in [-0.2, 0) is 11.4 Å². The van der Waals surface area contributed by atoms with Gasteiger partial charge in [-0.3, -0.25) is 9.36 Å². The van der Waals surface area contributed by atoms with Crippen LogP contribution in [0.2, 0.25) is 10.0 Å². The van der Waals surface area contributed by atoms with Gasteiger partial charge in [0.05, 0.1) is 12.9 Å². The molecular formula is C24H20Cl2N4O3S. The SMILES string of the molecule is COc1ccc(-n2c(COc3ccc(Cl)cc3)nnc2SCC(=O)Nc2ccc(Cl)cc2)cc1. The summed E-state index contributed by atoms with van der Waals surface area (Å²) in [5, 5.41) is 13.2. The fraction of sp³-hybridized carbons (Fsp3) is 0.125. The van der Waals surface area contributed by atoms with Crippen LogP contribution < -0.4 is 14.8 Å². The number of hydrogen-bond acceptors (Lipinski definition) is 6. The molecule has 10 heteroatoms. The Balaban J connectivity index is 1.51. The van der Waals surface area contributed by atoms with Crippen molar-refractivity contribution in [2.75, 3.05) is 18.2 Å². The quantitative estimate of drug-likeness (QED) is 0.280. The van der Waals surface area contributed by atoms with Crippen molar-refractivity contribution in [3.8, 4) is 17.2 Å². The van der Waals surface area contributed by atoms with Crippen LogP contribution >= 0.6 is 35.0 Å². The highest BCUT2D eigenvalue weighted by Gasteiger charge is 2.17. The average molecular weight is 515 g/mol. The van der Waals surface area contributed by atoms with Crippen LogP contribution in [-0.4, -0.2) is 33.5 Å². The maximum Gasteiger partial charge on any atom is 0.234 e. The molecule has 1 aromatic heterocycles. The second kappa shape index (κ2) is 11.3. The molecule has 34 heavy (non-hydrogen) atoms. The molecule has 0 atom stereocenters. The number of nitrogens with one attached hydrogen (secondary N) is 1. The van der Waals surface area contributed by atoms with E-state index in [1.54, 1.807) is 55.6 Å². The van der Waals surface area contributed by atoms with E-state index in [0.717, 1.165) is 11.4 Å². The van der Waals surface area contributed by atoms with Gasteiger partial charge in [-0.05, 0) is 72.8 Å². The van der Waals surface area contributed by atoms with Crippen molar-refractivity contribution < 1.29 is 14.3 Å². The first-order valence-corrected chi connectivity index (χ1v) is 11.9. The molecule has 0 fully saturated rings. The highest BCUT2D eigenvalue weighted by molar-refractivity contribution is 7.99. The number of thioether (sulfide) groups is 1. The fourth-order valence-electron chi connectivity index (χ4n) is 3.02. The van der Waals surface area contributed by atoms with E-state index in [2.05, 4.69) is 15.5 Å². The summed E-state index contributed by atoms with van der Waals surface area (Å²) in [7, 11) is 1.61. The van der Waals surface area contributed by atoms with Gasteiger partial charge in [-0.2, -0.15) is 0 Å². The largest absolute Gasteiger partial charge is 0.497 e. The third-order valence-electron chi connectivity index (χ3n) is 4.67. The molecule has 0 bridgehead atoms. The number of carbonyl (C=O) groups is 1. The zero-order valence-corrected chi connectivity index (χ0v) is 20.4. The van der Waals surface area contributed by atoms with Crippen LogP contribution in [0.1, 0.15) is 5.82 Å². The molecule has 0 aliphatic carbocycles. The van der Waals surface area contributed by atoms with E-state index in [1.165, 1.54) is 11.8 Å². The molecule has 0 radical (unpaired) electrons. The number of amides is 1. The predicted octanol–water partition coefficient (Wildman–Crippen LogP) is 5.89. The number of hydrogen-bond donors (Lipinski definition) is 1. The summed E-state index contributed by atoms with van der Waals surface area (Å²) in [5.74, 6) is 1.95. The normalized spacial score (nSPS) is 10.7. The summed E-state index contributed by atoms with van der Waals surface area (Å²) in [6, 6.07) is 21.5. The molecule has 0 saturated carbocycles. The number of benzene rings is 3. The summed E-state index contributed by atoms with van der Waals surface area (Å²) >= 11 is 13.1. The number of methoxy groups -OCH3 is 1. The fourth-order valence-corrected chi connectivity index (χ4v) is 4.04. The van der Waals surface area contributed by atoms with Crippen molar-refractivity contribution in [1.29, 1.82) is 0 Å². The van der Waals surface area contributed by atoms with E-state index in [1.807, 2.05) is 28.8 Å². The van der Waals surface area contributed by atoms with E-state index in [0.29, 0.717) is 32.5 Å². The third kappa shape index (κ3) is 6.22. The lowest BCUT2D eigenvalue weighted by atomic mass is 10.3. The molecule has 3 aromatic carbocycles. The monoisotopic (exact) mass is 514 g/mol. The summed E-state index contributed by atoms with van der Waals surface area (Å²) in [6.07, 6.45) is 0. The van der Waals surface area contributed by atoms with Crippen molar-refractivity contribution in [3.63, 3.8) is 0 Å². The Kier molecular flexibility index (Phi) is 7.95. The lowest BCUT2D eigenvalue weighted by Crippen LogP contribution is -2.14. The van der Waals surface area contributed by atoms with Crippen molar-refractivity contribution in [1.82, 2.24) is 14.8 Å². The van der Waals surface area contributed by atoms with Gasteiger partial charge in [0.15, 0.2) is 11.0 Å². The van der Waals surface area contributed by atoms with Gasteiger partial charge in [-0.1, -0.05) is 35.0 Å². The summed E-state index contributed by atoms with van der Waals surface area (Å²) in [6.45, 7) is 0.179. The van der Waals surface area contributed by atoms with Crippen LogP contribution in [0, 0.1) is 0 Å². The van der Waals surface area contributed by atoms with Crippen molar-refractivity contribution in [2.45, 2.75) is 11.8 Å². The molecule has 4 rings (SSSR count). The first kappa shape index (κ1) is 23.9. The highest BCUT2D eigenvalue weighted by Crippen LogP contribution is 2.25. The standard InChI is InChI=1S/C24H20Cl2N4O3S/c1-32-20-12-8-19(9-13-20)30-22(14-33-21-10-4-17(26)5-11-21)28-29-24(30)34-15-23(31)27-18-6-2-16(25)3-7-18/h2-13H,14-15H2,1H3,(H,27,31). The highest BCUT2D eigenvalue weighted by atomic mass is 35.5. The number of halogens is 2. The zero-order chi connectivity index (χ0) is 23.9. The number of ether oxygens (including phenoxy) is 2. The Hall–Kier alpha value is -3.20. The van der Waals surface area contributed by atoms with Crippen LogP contribution in [0.3, 0.4) is 0 Å². The number of nitrogens with zero attached hydrogens (tertiary/aromatic N) is 3. The second-order valence-electron chi connectivity index (χ2n) is 7.02. The summed E-state index contributed by atoms with van der Waals surface area (Å²) in [5.41, 5.74) is 1.49. The molecule has 1 N–H and O–H groups in total. The summed E-state index contributed by atoms with van der Waals surface area (Å²) in [4.78, 5) is 12.5. The molecule has 0 unspecified atom stereocenters. The Morgan fingerprint density at radius 1 is 0.912 bits per heavy atom. The Morgan fingerprint density at radius 2 is 1.53 bits per heavy atom. The predicted molar refractivity (Wildman–Crippen MR) is 135 cm³/mol. The molecule has 0 aliphatic rings. The topological polar surface area (TPSA) is 78.3 Å². The van der Waals surface area contributed by atoms with Gasteiger partial charge in [0, 0.05) is 21.4 Å². The van der Waals surface area contributed by atoms with E-state index < -0.39 is 0 Å². The van der Waals surface area contributed by atoms with Crippen molar-refractivity contribution >= 4 is 46.6 Å². The van der Waals surface area contributed by atoms with Gasteiger partial charge in [0.2, 0.25) is 5.91 Å². The van der Waals surface area contributed by atoms with Crippen LogP contribution in [0.15, 0.2) is 78.0 Å². The van der Waals surface area contributed by atoms with Crippen molar-refractivity contribution in [2.24, 2.45) is 0 Å². The third-order valence-corrected chi connectivity index (χ3v) is 6.11. The maximum atomic E-state index is 12.5. The molecular weight excluding hydrogens is 495 g/mol. The zero-order valence-electron chi connectivity index (χ0n) is 18.1. The molecule has 1 heterocycles. The Morgan fingerprint density at radius 3 is 2.18 bits per heavy atom. The lowest BCUT2D eigenvalue weighted by Gasteiger charge is -2.12. The molecule has 7 nitrogen and oxygen atoms in total.